The molecule has 1 unspecified atom stereocenters. The van der Waals surface area contributed by atoms with Crippen molar-refractivity contribution in [3.63, 3.8) is 0 Å². The molecule has 1 amide bonds. The van der Waals surface area contributed by atoms with Crippen LogP contribution in [0.3, 0.4) is 0 Å². The summed E-state index contributed by atoms with van der Waals surface area (Å²) in [5, 5.41) is 3.01. The van der Waals surface area contributed by atoms with E-state index >= 15 is 0 Å². The van der Waals surface area contributed by atoms with Crippen LogP contribution in [0, 0.1) is 5.92 Å². The number of carbonyl (C=O) groups excluding carboxylic acids is 1. The van der Waals surface area contributed by atoms with Crippen LogP contribution in [-0.2, 0) is 4.79 Å². The van der Waals surface area contributed by atoms with E-state index in [1.54, 1.807) is 14.2 Å². The molecule has 1 N–H and O–H groups in total. The van der Waals surface area contributed by atoms with Crippen molar-refractivity contribution >= 4 is 5.91 Å². The minimum Gasteiger partial charge on any atom is -0.493 e. The summed E-state index contributed by atoms with van der Waals surface area (Å²) in [5.74, 6) is 1.99. The van der Waals surface area contributed by atoms with Crippen molar-refractivity contribution in [2.45, 2.75) is 39.7 Å². The molecule has 112 valence electrons. The number of carbonyl (C=O) groups is 1. The topological polar surface area (TPSA) is 47.6 Å². The highest BCUT2D eigenvalue weighted by Crippen LogP contribution is 2.29. The highest BCUT2D eigenvalue weighted by atomic mass is 16.5. The third-order valence-electron chi connectivity index (χ3n) is 3.23. The molecule has 0 spiro atoms. The van der Waals surface area contributed by atoms with Gasteiger partial charge in [-0.15, -0.1) is 0 Å². The maximum absolute atomic E-state index is 11.8. The van der Waals surface area contributed by atoms with Gasteiger partial charge in [-0.1, -0.05) is 19.9 Å². The molecular weight excluding hydrogens is 254 g/mol. The predicted molar refractivity (Wildman–Crippen MR) is 80.2 cm³/mol. The van der Waals surface area contributed by atoms with Gasteiger partial charge in [-0.05, 0) is 37.0 Å². The molecule has 0 aliphatic rings. The van der Waals surface area contributed by atoms with E-state index in [9.17, 15) is 4.79 Å². The second-order valence-electron chi connectivity index (χ2n) is 5.34. The Morgan fingerprint density at radius 3 is 2.35 bits per heavy atom. The summed E-state index contributed by atoms with van der Waals surface area (Å²) in [6.07, 6.45) is 1.47. The molecule has 4 nitrogen and oxygen atoms in total. The summed E-state index contributed by atoms with van der Waals surface area (Å²) < 4.78 is 10.5. The zero-order valence-corrected chi connectivity index (χ0v) is 13.0. The second-order valence-corrected chi connectivity index (χ2v) is 5.34. The number of hydrogen-bond donors (Lipinski definition) is 1. The third kappa shape index (κ3) is 4.76. The van der Waals surface area contributed by atoms with Crippen molar-refractivity contribution in [3.05, 3.63) is 23.8 Å². The zero-order valence-electron chi connectivity index (χ0n) is 13.0. The van der Waals surface area contributed by atoms with Crippen LogP contribution < -0.4 is 14.8 Å². The Bertz CT molecular complexity index is 443. The fraction of sp³-hybridized carbons (Fsp3) is 0.562. The highest BCUT2D eigenvalue weighted by Gasteiger charge is 2.12. The SMILES string of the molecule is COc1ccc(C(C)NC(=O)CCC(C)C)cc1OC. The molecule has 0 aromatic heterocycles. The third-order valence-corrected chi connectivity index (χ3v) is 3.23. The maximum Gasteiger partial charge on any atom is 0.220 e. The monoisotopic (exact) mass is 279 g/mol. The maximum atomic E-state index is 11.8. The number of hydrogen-bond acceptors (Lipinski definition) is 3. The molecule has 4 heteroatoms. The van der Waals surface area contributed by atoms with Crippen LogP contribution in [0.5, 0.6) is 11.5 Å². The first kappa shape index (κ1) is 16.3. The summed E-state index contributed by atoms with van der Waals surface area (Å²) in [4.78, 5) is 11.8. The molecule has 1 rings (SSSR count). The Labute approximate surface area is 121 Å². The minimum absolute atomic E-state index is 0.0468. The van der Waals surface area contributed by atoms with Gasteiger partial charge in [0, 0.05) is 6.42 Å². The van der Waals surface area contributed by atoms with E-state index in [4.69, 9.17) is 9.47 Å². The van der Waals surface area contributed by atoms with Crippen LogP contribution in [0.2, 0.25) is 0 Å². The van der Waals surface area contributed by atoms with E-state index in [1.165, 1.54) is 0 Å². The summed E-state index contributed by atoms with van der Waals surface area (Å²) in [7, 11) is 3.21. The second kappa shape index (κ2) is 7.78. The average Bonchev–Trinajstić information content (AvgIpc) is 2.44. The van der Waals surface area contributed by atoms with E-state index in [1.807, 2.05) is 25.1 Å². The van der Waals surface area contributed by atoms with E-state index in [-0.39, 0.29) is 11.9 Å². The van der Waals surface area contributed by atoms with E-state index in [2.05, 4.69) is 19.2 Å². The summed E-state index contributed by atoms with van der Waals surface area (Å²) in [5.41, 5.74) is 1.00. The number of ether oxygens (including phenoxy) is 2. The Morgan fingerprint density at radius 2 is 1.80 bits per heavy atom. The first-order chi connectivity index (χ1) is 9.47. The molecule has 0 heterocycles. The van der Waals surface area contributed by atoms with Crippen LogP contribution in [-0.4, -0.2) is 20.1 Å². The fourth-order valence-electron chi connectivity index (χ4n) is 1.94. The Balaban J connectivity index is 2.67. The van der Waals surface area contributed by atoms with Gasteiger partial charge in [0.15, 0.2) is 11.5 Å². The summed E-state index contributed by atoms with van der Waals surface area (Å²) in [6.45, 7) is 6.20. The number of nitrogens with one attached hydrogen (secondary N) is 1. The van der Waals surface area contributed by atoms with Gasteiger partial charge in [0.1, 0.15) is 0 Å². The Hall–Kier alpha value is -1.71. The van der Waals surface area contributed by atoms with E-state index < -0.39 is 0 Å². The molecule has 0 saturated heterocycles. The molecule has 20 heavy (non-hydrogen) atoms. The van der Waals surface area contributed by atoms with Crippen LogP contribution in [0.15, 0.2) is 18.2 Å². The number of amides is 1. The van der Waals surface area contributed by atoms with Crippen molar-refractivity contribution in [3.8, 4) is 11.5 Å². The van der Waals surface area contributed by atoms with Gasteiger partial charge in [-0.25, -0.2) is 0 Å². The first-order valence-electron chi connectivity index (χ1n) is 6.99. The van der Waals surface area contributed by atoms with Gasteiger partial charge >= 0.3 is 0 Å². The molecule has 0 aliphatic heterocycles. The van der Waals surface area contributed by atoms with Gasteiger partial charge in [0.2, 0.25) is 5.91 Å². The molecular formula is C16H25NO3. The van der Waals surface area contributed by atoms with Crippen molar-refractivity contribution in [1.29, 1.82) is 0 Å². The van der Waals surface area contributed by atoms with Gasteiger partial charge < -0.3 is 14.8 Å². The number of benzene rings is 1. The lowest BCUT2D eigenvalue weighted by molar-refractivity contribution is -0.122. The smallest absolute Gasteiger partial charge is 0.220 e. The lowest BCUT2D eigenvalue weighted by Crippen LogP contribution is -2.26. The van der Waals surface area contributed by atoms with Crippen molar-refractivity contribution in [2.24, 2.45) is 5.92 Å². The van der Waals surface area contributed by atoms with Crippen LogP contribution in [0.4, 0.5) is 0 Å². The number of methoxy groups -OCH3 is 2. The van der Waals surface area contributed by atoms with Crippen molar-refractivity contribution in [2.75, 3.05) is 14.2 Å². The van der Waals surface area contributed by atoms with E-state index in [0.717, 1.165) is 12.0 Å². The molecule has 1 atom stereocenters. The summed E-state index contributed by atoms with van der Waals surface area (Å²) >= 11 is 0. The Kier molecular flexibility index (Phi) is 6.36. The lowest BCUT2D eigenvalue weighted by Gasteiger charge is -2.17. The quantitative estimate of drug-likeness (QED) is 0.833. The van der Waals surface area contributed by atoms with Crippen molar-refractivity contribution in [1.82, 2.24) is 5.32 Å². The molecule has 1 aromatic carbocycles. The predicted octanol–water partition coefficient (Wildman–Crippen LogP) is 3.32. The van der Waals surface area contributed by atoms with Gasteiger partial charge in [-0.2, -0.15) is 0 Å². The normalized spacial score (nSPS) is 12.1. The molecule has 0 aliphatic carbocycles. The summed E-state index contributed by atoms with van der Waals surface area (Å²) in [6, 6.07) is 5.64. The molecule has 0 radical (unpaired) electrons. The highest BCUT2D eigenvalue weighted by molar-refractivity contribution is 5.76. The zero-order chi connectivity index (χ0) is 15.1. The first-order valence-corrected chi connectivity index (χ1v) is 6.99. The van der Waals surface area contributed by atoms with Crippen LogP contribution >= 0.6 is 0 Å². The Morgan fingerprint density at radius 1 is 1.15 bits per heavy atom. The van der Waals surface area contributed by atoms with Gasteiger partial charge in [0.25, 0.3) is 0 Å². The fourth-order valence-corrected chi connectivity index (χ4v) is 1.94. The van der Waals surface area contributed by atoms with Crippen LogP contribution in [0.1, 0.15) is 45.2 Å². The van der Waals surface area contributed by atoms with Gasteiger partial charge in [0.05, 0.1) is 20.3 Å². The van der Waals surface area contributed by atoms with Crippen LogP contribution in [0.25, 0.3) is 0 Å². The van der Waals surface area contributed by atoms with Gasteiger partial charge in [-0.3, -0.25) is 4.79 Å². The molecule has 0 bridgehead atoms. The molecule has 0 fully saturated rings. The van der Waals surface area contributed by atoms with Crippen molar-refractivity contribution < 1.29 is 14.3 Å². The molecule has 1 aromatic rings. The number of rotatable bonds is 7. The lowest BCUT2D eigenvalue weighted by atomic mass is 10.1. The standard InChI is InChI=1S/C16H25NO3/c1-11(2)6-9-16(18)17-12(3)13-7-8-14(19-4)15(10-13)20-5/h7-8,10-12H,6,9H2,1-5H3,(H,17,18). The van der Waals surface area contributed by atoms with E-state index in [0.29, 0.717) is 23.8 Å². The molecule has 0 saturated carbocycles. The largest absolute Gasteiger partial charge is 0.493 e. The average molecular weight is 279 g/mol. The minimum atomic E-state index is -0.0468.